The fourth-order valence-electron chi connectivity index (χ4n) is 3.05. The van der Waals surface area contributed by atoms with Crippen LogP contribution in [-0.4, -0.2) is 18.5 Å². The molecule has 0 fully saturated rings. The molecule has 5 heteroatoms. The minimum atomic E-state index is -0.596. The smallest absolute Gasteiger partial charge is 0.338 e. The van der Waals surface area contributed by atoms with Crippen molar-refractivity contribution in [3.63, 3.8) is 0 Å². The second-order valence-electron chi connectivity index (χ2n) is 6.59. The maximum absolute atomic E-state index is 12.4. The number of hydrogen-bond donors (Lipinski definition) is 1. The summed E-state index contributed by atoms with van der Waals surface area (Å²) in [5.74, 6) is 0.173. The molecule has 4 rings (SSSR count). The van der Waals surface area contributed by atoms with E-state index in [-0.39, 0.29) is 6.61 Å². The van der Waals surface area contributed by atoms with Crippen LogP contribution >= 0.6 is 0 Å². The van der Waals surface area contributed by atoms with E-state index in [1.54, 1.807) is 24.3 Å². The Hall–Kier alpha value is -4.12. The van der Waals surface area contributed by atoms with Crippen molar-refractivity contribution < 1.29 is 19.1 Å². The Kier molecular flexibility index (Phi) is 5.71. The molecule has 4 aromatic rings. The largest absolute Gasteiger partial charge is 0.457 e. The van der Waals surface area contributed by atoms with Crippen molar-refractivity contribution in [2.75, 3.05) is 11.9 Å². The van der Waals surface area contributed by atoms with Crippen molar-refractivity contribution in [3.8, 4) is 11.5 Å². The van der Waals surface area contributed by atoms with Gasteiger partial charge in [0.2, 0.25) is 0 Å². The lowest BCUT2D eigenvalue weighted by Gasteiger charge is -2.10. The number of rotatable bonds is 6. The van der Waals surface area contributed by atoms with Crippen LogP contribution in [0.5, 0.6) is 11.5 Å². The molecule has 148 valence electrons. The lowest BCUT2D eigenvalue weighted by Crippen LogP contribution is -2.21. The SMILES string of the molecule is O=C(COC(=O)c1cccc(Oc2ccccc2)c1)Nc1cccc2ccccc12. The Morgan fingerprint density at radius 2 is 1.43 bits per heavy atom. The van der Waals surface area contributed by atoms with Gasteiger partial charge in [0.15, 0.2) is 6.61 Å². The summed E-state index contributed by atoms with van der Waals surface area (Å²) in [5.41, 5.74) is 0.980. The quantitative estimate of drug-likeness (QED) is 0.441. The predicted octanol–water partition coefficient (Wildman–Crippen LogP) is 5.43. The second kappa shape index (κ2) is 8.92. The monoisotopic (exact) mass is 397 g/mol. The minimum absolute atomic E-state index is 0.307. The molecule has 0 bridgehead atoms. The number of carbonyl (C=O) groups is 2. The molecule has 0 radical (unpaired) electrons. The number of carbonyl (C=O) groups excluding carboxylic acids is 2. The van der Waals surface area contributed by atoms with Crippen molar-refractivity contribution in [1.82, 2.24) is 0 Å². The van der Waals surface area contributed by atoms with Crippen molar-refractivity contribution in [1.29, 1.82) is 0 Å². The van der Waals surface area contributed by atoms with Gasteiger partial charge in [-0.15, -0.1) is 0 Å². The van der Waals surface area contributed by atoms with Gasteiger partial charge in [-0.25, -0.2) is 4.79 Å². The molecular weight excluding hydrogens is 378 g/mol. The molecular formula is C25H19NO4. The van der Waals surface area contributed by atoms with Crippen LogP contribution in [0.2, 0.25) is 0 Å². The number of nitrogens with one attached hydrogen (secondary N) is 1. The third-order valence-electron chi connectivity index (χ3n) is 4.45. The van der Waals surface area contributed by atoms with Gasteiger partial charge < -0.3 is 14.8 Å². The highest BCUT2D eigenvalue weighted by Gasteiger charge is 2.12. The second-order valence-corrected chi connectivity index (χ2v) is 6.59. The Morgan fingerprint density at radius 1 is 0.733 bits per heavy atom. The lowest BCUT2D eigenvalue weighted by molar-refractivity contribution is -0.119. The van der Waals surface area contributed by atoms with E-state index in [9.17, 15) is 9.59 Å². The highest BCUT2D eigenvalue weighted by molar-refractivity contribution is 6.03. The average molecular weight is 397 g/mol. The fourth-order valence-corrected chi connectivity index (χ4v) is 3.05. The van der Waals surface area contributed by atoms with Crippen molar-refractivity contribution in [3.05, 3.63) is 103 Å². The van der Waals surface area contributed by atoms with E-state index in [0.717, 1.165) is 10.8 Å². The van der Waals surface area contributed by atoms with E-state index in [2.05, 4.69) is 5.32 Å². The molecule has 0 aromatic heterocycles. The highest BCUT2D eigenvalue weighted by Crippen LogP contribution is 2.23. The molecule has 1 amide bonds. The van der Waals surface area contributed by atoms with Crippen LogP contribution in [0, 0.1) is 0 Å². The number of amides is 1. The van der Waals surface area contributed by atoms with Crippen molar-refractivity contribution in [2.45, 2.75) is 0 Å². The van der Waals surface area contributed by atoms with Crippen LogP contribution in [0.4, 0.5) is 5.69 Å². The Bertz CT molecular complexity index is 1180. The number of para-hydroxylation sites is 1. The molecule has 0 heterocycles. The normalized spacial score (nSPS) is 10.4. The number of ether oxygens (including phenoxy) is 2. The van der Waals surface area contributed by atoms with Gasteiger partial charge >= 0.3 is 5.97 Å². The van der Waals surface area contributed by atoms with Gasteiger partial charge in [-0.1, -0.05) is 60.7 Å². The first-order valence-corrected chi connectivity index (χ1v) is 9.47. The van der Waals surface area contributed by atoms with Crippen LogP contribution in [0.1, 0.15) is 10.4 Å². The summed E-state index contributed by atoms with van der Waals surface area (Å²) in [7, 11) is 0. The van der Waals surface area contributed by atoms with Gasteiger partial charge in [0.05, 0.1) is 5.56 Å². The van der Waals surface area contributed by atoms with Crippen LogP contribution in [0.15, 0.2) is 97.1 Å². The zero-order chi connectivity index (χ0) is 20.8. The summed E-state index contributed by atoms with van der Waals surface area (Å²) in [5, 5.41) is 4.73. The van der Waals surface area contributed by atoms with Gasteiger partial charge in [0, 0.05) is 11.1 Å². The van der Waals surface area contributed by atoms with E-state index in [4.69, 9.17) is 9.47 Å². The molecule has 0 aliphatic heterocycles. The third-order valence-corrected chi connectivity index (χ3v) is 4.45. The number of hydrogen-bond acceptors (Lipinski definition) is 4. The van der Waals surface area contributed by atoms with E-state index in [1.807, 2.05) is 72.8 Å². The van der Waals surface area contributed by atoms with E-state index in [1.165, 1.54) is 0 Å². The first-order chi connectivity index (χ1) is 14.7. The molecule has 0 saturated carbocycles. The molecule has 5 nitrogen and oxygen atoms in total. The maximum Gasteiger partial charge on any atom is 0.338 e. The number of esters is 1. The predicted molar refractivity (Wildman–Crippen MR) is 116 cm³/mol. The standard InChI is InChI=1S/C25H19NO4/c27-24(26-23-15-7-9-18-8-4-5-14-22(18)23)17-29-25(28)19-10-6-13-21(16-19)30-20-11-2-1-3-12-20/h1-16H,17H2,(H,26,27). The summed E-state index contributed by atoms with van der Waals surface area (Å²) in [4.78, 5) is 24.6. The molecule has 0 atom stereocenters. The summed E-state index contributed by atoms with van der Waals surface area (Å²) >= 11 is 0. The fraction of sp³-hybridized carbons (Fsp3) is 0.0400. The van der Waals surface area contributed by atoms with Crippen LogP contribution in [0.3, 0.4) is 0 Å². The average Bonchev–Trinajstić information content (AvgIpc) is 2.78. The number of fused-ring (bicyclic) bond motifs is 1. The molecule has 0 spiro atoms. The molecule has 1 N–H and O–H groups in total. The summed E-state index contributed by atoms with van der Waals surface area (Å²) in [6, 6.07) is 29.3. The zero-order valence-corrected chi connectivity index (χ0v) is 16.1. The van der Waals surface area contributed by atoms with Crippen LogP contribution in [-0.2, 0) is 9.53 Å². The summed E-state index contributed by atoms with van der Waals surface area (Å²) in [6.45, 7) is -0.383. The van der Waals surface area contributed by atoms with Gasteiger partial charge in [0.1, 0.15) is 11.5 Å². The maximum atomic E-state index is 12.4. The molecule has 0 aliphatic carbocycles. The molecule has 0 saturated heterocycles. The van der Waals surface area contributed by atoms with Crippen molar-refractivity contribution >= 4 is 28.3 Å². The molecule has 0 aliphatic rings. The minimum Gasteiger partial charge on any atom is -0.457 e. The third kappa shape index (κ3) is 4.64. The first kappa shape index (κ1) is 19.2. The highest BCUT2D eigenvalue weighted by atomic mass is 16.5. The van der Waals surface area contributed by atoms with Gasteiger partial charge in [-0.2, -0.15) is 0 Å². The Balaban J connectivity index is 1.37. The molecule has 0 unspecified atom stereocenters. The van der Waals surface area contributed by atoms with Crippen LogP contribution < -0.4 is 10.1 Å². The van der Waals surface area contributed by atoms with Gasteiger partial charge in [0.25, 0.3) is 5.91 Å². The summed E-state index contributed by atoms with van der Waals surface area (Å²) in [6.07, 6.45) is 0. The molecule has 4 aromatic carbocycles. The number of anilines is 1. The van der Waals surface area contributed by atoms with Crippen molar-refractivity contribution in [2.24, 2.45) is 0 Å². The lowest BCUT2D eigenvalue weighted by atomic mass is 10.1. The Labute approximate surface area is 173 Å². The van der Waals surface area contributed by atoms with E-state index in [0.29, 0.717) is 22.7 Å². The van der Waals surface area contributed by atoms with E-state index < -0.39 is 11.9 Å². The topological polar surface area (TPSA) is 64.6 Å². The van der Waals surface area contributed by atoms with Gasteiger partial charge in [-0.3, -0.25) is 4.79 Å². The first-order valence-electron chi connectivity index (χ1n) is 9.47. The number of benzene rings is 4. The molecule has 30 heavy (non-hydrogen) atoms. The summed E-state index contributed by atoms with van der Waals surface area (Å²) < 4.78 is 10.9. The van der Waals surface area contributed by atoms with E-state index >= 15 is 0 Å². The zero-order valence-electron chi connectivity index (χ0n) is 16.1. The Morgan fingerprint density at radius 3 is 2.30 bits per heavy atom. The van der Waals surface area contributed by atoms with Crippen LogP contribution in [0.25, 0.3) is 10.8 Å². The van der Waals surface area contributed by atoms with Gasteiger partial charge in [-0.05, 0) is 41.8 Å².